The lowest BCUT2D eigenvalue weighted by atomic mass is 10.1. The van der Waals surface area contributed by atoms with E-state index < -0.39 is 5.97 Å². The van der Waals surface area contributed by atoms with Gasteiger partial charge in [0, 0.05) is 12.6 Å². The van der Waals surface area contributed by atoms with Gasteiger partial charge in [-0.1, -0.05) is 17.7 Å². The van der Waals surface area contributed by atoms with Crippen molar-refractivity contribution < 1.29 is 24.2 Å². The molecule has 0 bridgehead atoms. The smallest absolute Gasteiger partial charge is 0.335 e. The largest absolute Gasteiger partial charge is 0.493 e. The number of thioether (sulfide) groups is 1. The molecule has 2 aromatic carbocycles. The first-order valence-corrected chi connectivity index (χ1v) is 10.1. The van der Waals surface area contributed by atoms with Crippen LogP contribution < -0.4 is 9.47 Å². The molecule has 1 fully saturated rings. The summed E-state index contributed by atoms with van der Waals surface area (Å²) < 4.78 is 10.5. The standard InChI is InChI=1S/C21H19ClN2O5S/c1-4-24-19(25)18(10-13-9-16(28-2)17(29-3)11-15(13)22)30-21(24)23-14-7-5-6-12(8-14)20(26)27/h5-11H,4H2,1-3H3,(H,26,27)/b18-10-,23-21?. The lowest BCUT2D eigenvalue weighted by Crippen LogP contribution is -2.28. The van der Waals surface area contributed by atoms with Gasteiger partial charge in [0.05, 0.1) is 35.4 Å². The molecule has 1 saturated heterocycles. The molecule has 0 spiro atoms. The number of hydrogen-bond donors (Lipinski definition) is 1. The Labute approximate surface area is 183 Å². The number of aromatic carboxylic acids is 1. The number of likely N-dealkylation sites (N-methyl/N-ethyl adjacent to an activating group) is 1. The molecular formula is C21H19ClN2O5S. The summed E-state index contributed by atoms with van der Waals surface area (Å²) in [7, 11) is 3.04. The number of methoxy groups -OCH3 is 2. The molecular weight excluding hydrogens is 428 g/mol. The molecule has 2 aromatic rings. The quantitative estimate of drug-likeness (QED) is 0.648. The van der Waals surface area contributed by atoms with Crippen molar-refractivity contribution in [2.24, 2.45) is 4.99 Å². The topological polar surface area (TPSA) is 88.4 Å². The number of rotatable bonds is 6. The van der Waals surface area contributed by atoms with Crippen LogP contribution in [-0.2, 0) is 4.79 Å². The molecule has 1 amide bonds. The zero-order valence-corrected chi connectivity index (χ0v) is 18.1. The molecule has 0 unspecified atom stereocenters. The van der Waals surface area contributed by atoms with E-state index in [0.717, 1.165) is 0 Å². The fraction of sp³-hybridized carbons (Fsp3) is 0.190. The Morgan fingerprint density at radius 3 is 2.57 bits per heavy atom. The van der Waals surface area contributed by atoms with Crippen LogP contribution in [0.15, 0.2) is 46.3 Å². The maximum atomic E-state index is 12.9. The van der Waals surface area contributed by atoms with E-state index in [2.05, 4.69) is 4.99 Å². The molecule has 0 atom stereocenters. The third-order valence-corrected chi connectivity index (χ3v) is 5.65. The van der Waals surface area contributed by atoms with Gasteiger partial charge in [0.2, 0.25) is 0 Å². The Kier molecular flexibility index (Phi) is 6.69. The fourth-order valence-electron chi connectivity index (χ4n) is 2.81. The van der Waals surface area contributed by atoms with Crippen molar-refractivity contribution in [2.75, 3.05) is 20.8 Å². The van der Waals surface area contributed by atoms with Crippen molar-refractivity contribution in [2.45, 2.75) is 6.92 Å². The van der Waals surface area contributed by atoms with Gasteiger partial charge in [-0.05, 0) is 54.6 Å². The predicted octanol–water partition coefficient (Wildman–Crippen LogP) is 4.68. The van der Waals surface area contributed by atoms with E-state index in [0.29, 0.717) is 44.4 Å². The summed E-state index contributed by atoms with van der Waals surface area (Å²) in [6.45, 7) is 2.26. The van der Waals surface area contributed by atoms with Gasteiger partial charge in [-0.15, -0.1) is 0 Å². The van der Waals surface area contributed by atoms with Crippen molar-refractivity contribution in [1.29, 1.82) is 0 Å². The minimum Gasteiger partial charge on any atom is -0.493 e. The van der Waals surface area contributed by atoms with Crippen molar-refractivity contribution >= 4 is 52.2 Å². The van der Waals surface area contributed by atoms with Crippen LogP contribution in [0, 0.1) is 0 Å². The van der Waals surface area contributed by atoms with Crippen molar-refractivity contribution in [3.63, 3.8) is 0 Å². The normalized spacial score (nSPS) is 16.4. The molecule has 1 heterocycles. The molecule has 3 rings (SSSR count). The van der Waals surface area contributed by atoms with Crippen molar-refractivity contribution in [3.05, 3.63) is 57.5 Å². The molecule has 0 radical (unpaired) electrons. The Bertz CT molecular complexity index is 1070. The Hall–Kier alpha value is -2.97. The van der Waals surface area contributed by atoms with Crippen LogP contribution in [-0.4, -0.2) is 47.8 Å². The van der Waals surface area contributed by atoms with E-state index in [4.69, 9.17) is 26.2 Å². The minimum atomic E-state index is -1.04. The third-order valence-electron chi connectivity index (χ3n) is 4.31. The molecule has 1 aliphatic rings. The van der Waals surface area contributed by atoms with Gasteiger partial charge in [0.15, 0.2) is 16.7 Å². The minimum absolute atomic E-state index is 0.127. The van der Waals surface area contributed by atoms with E-state index in [9.17, 15) is 9.59 Å². The number of benzene rings is 2. The highest BCUT2D eigenvalue weighted by molar-refractivity contribution is 8.18. The maximum absolute atomic E-state index is 12.9. The molecule has 0 saturated carbocycles. The van der Waals surface area contributed by atoms with E-state index in [1.165, 1.54) is 43.0 Å². The first kappa shape index (κ1) is 21.7. The molecule has 0 aliphatic carbocycles. The number of carbonyl (C=O) groups excluding carboxylic acids is 1. The average Bonchev–Trinajstić information content (AvgIpc) is 3.03. The molecule has 1 aliphatic heterocycles. The number of carboxylic acids is 1. The van der Waals surface area contributed by atoms with E-state index in [1.807, 2.05) is 6.92 Å². The van der Waals surface area contributed by atoms with Gasteiger partial charge >= 0.3 is 5.97 Å². The number of carboxylic acid groups (broad SMARTS) is 1. The number of hydrogen-bond acceptors (Lipinski definition) is 6. The molecule has 7 nitrogen and oxygen atoms in total. The molecule has 30 heavy (non-hydrogen) atoms. The van der Waals surface area contributed by atoms with Crippen LogP contribution in [0.1, 0.15) is 22.8 Å². The van der Waals surface area contributed by atoms with Gasteiger partial charge < -0.3 is 14.6 Å². The average molecular weight is 447 g/mol. The Balaban J connectivity index is 1.98. The number of nitrogens with zero attached hydrogens (tertiary/aromatic N) is 2. The third kappa shape index (κ3) is 4.44. The van der Waals surface area contributed by atoms with Crippen molar-refractivity contribution in [1.82, 2.24) is 4.90 Å². The maximum Gasteiger partial charge on any atom is 0.335 e. The van der Waals surface area contributed by atoms with Crippen LogP contribution >= 0.6 is 23.4 Å². The van der Waals surface area contributed by atoms with Crippen LogP contribution in [0.4, 0.5) is 5.69 Å². The second kappa shape index (κ2) is 9.23. The summed E-state index contributed by atoms with van der Waals surface area (Å²) in [6, 6.07) is 9.57. The van der Waals surface area contributed by atoms with Gasteiger partial charge in [0.1, 0.15) is 0 Å². The highest BCUT2D eigenvalue weighted by atomic mass is 35.5. The molecule has 0 aromatic heterocycles. The van der Waals surface area contributed by atoms with E-state index >= 15 is 0 Å². The highest BCUT2D eigenvalue weighted by Crippen LogP contribution is 2.38. The SMILES string of the molecule is CCN1C(=O)/C(=C/c2cc(OC)c(OC)cc2Cl)SC1=Nc1cccc(C(=O)O)c1. The van der Waals surface area contributed by atoms with Gasteiger partial charge in [0.25, 0.3) is 5.91 Å². The highest BCUT2D eigenvalue weighted by Gasteiger charge is 2.32. The first-order chi connectivity index (χ1) is 14.4. The number of amidine groups is 1. The van der Waals surface area contributed by atoms with Gasteiger partial charge in [-0.2, -0.15) is 0 Å². The Morgan fingerprint density at radius 1 is 1.23 bits per heavy atom. The summed E-state index contributed by atoms with van der Waals surface area (Å²) in [5, 5.41) is 10.0. The van der Waals surface area contributed by atoms with Crippen molar-refractivity contribution in [3.8, 4) is 11.5 Å². The summed E-state index contributed by atoms with van der Waals surface area (Å²) in [6.07, 6.45) is 1.68. The Morgan fingerprint density at radius 2 is 1.93 bits per heavy atom. The second-order valence-electron chi connectivity index (χ2n) is 6.14. The lowest BCUT2D eigenvalue weighted by Gasteiger charge is -2.12. The molecule has 156 valence electrons. The lowest BCUT2D eigenvalue weighted by molar-refractivity contribution is -0.122. The van der Waals surface area contributed by atoms with E-state index in [1.54, 1.807) is 30.3 Å². The van der Waals surface area contributed by atoms with Gasteiger partial charge in [-0.25, -0.2) is 9.79 Å². The zero-order valence-electron chi connectivity index (χ0n) is 16.5. The van der Waals surface area contributed by atoms with Crippen LogP contribution in [0.3, 0.4) is 0 Å². The summed E-state index contributed by atoms with van der Waals surface area (Å²) in [5.74, 6) is -0.258. The number of halogens is 1. The summed E-state index contributed by atoms with van der Waals surface area (Å²) >= 11 is 7.54. The monoisotopic (exact) mass is 446 g/mol. The fourth-order valence-corrected chi connectivity index (χ4v) is 4.07. The zero-order chi connectivity index (χ0) is 21.8. The summed E-state index contributed by atoms with van der Waals surface area (Å²) in [4.78, 5) is 30.5. The second-order valence-corrected chi connectivity index (χ2v) is 7.55. The number of aliphatic imine (C=N–C) groups is 1. The van der Waals surface area contributed by atoms with Gasteiger partial charge in [-0.3, -0.25) is 9.69 Å². The predicted molar refractivity (Wildman–Crippen MR) is 118 cm³/mol. The van der Waals surface area contributed by atoms with Crippen LogP contribution in [0.5, 0.6) is 11.5 Å². The van der Waals surface area contributed by atoms with Crippen LogP contribution in [0.2, 0.25) is 5.02 Å². The summed E-state index contributed by atoms with van der Waals surface area (Å²) in [5.41, 5.74) is 1.19. The molecule has 1 N–H and O–H groups in total. The number of amides is 1. The van der Waals surface area contributed by atoms with E-state index in [-0.39, 0.29) is 11.5 Å². The first-order valence-electron chi connectivity index (χ1n) is 8.93. The molecule has 9 heteroatoms. The van der Waals surface area contributed by atoms with Crippen LogP contribution in [0.25, 0.3) is 6.08 Å². The number of ether oxygens (including phenoxy) is 2. The number of carbonyl (C=O) groups is 2.